The van der Waals surface area contributed by atoms with Gasteiger partial charge < -0.3 is 23.6 Å². The van der Waals surface area contributed by atoms with E-state index in [-0.39, 0.29) is 5.04 Å². The lowest BCUT2D eigenvalue weighted by Gasteiger charge is -2.38. The Bertz CT molecular complexity index is 1090. The molecule has 2 aromatic carbocycles. The van der Waals surface area contributed by atoms with Gasteiger partial charge in [0.2, 0.25) is 5.75 Å². The Kier molecular flexibility index (Phi) is 7.51. The summed E-state index contributed by atoms with van der Waals surface area (Å²) in [7, 11) is 2.85. The molecule has 0 fully saturated rings. The number of imidazole rings is 1. The highest BCUT2D eigenvalue weighted by atomic mass is 32.2. The Morgan fingerprint density at radius 1 is 1.00 bits per heavy atom. The van der Waals surface area contributed by atoms with E-state index >= 15 is 0 Å². The van der Waals surface area contributed by atoms with Crippen LogP contribution in [0.1, 0.15) is 38.1 Å². The van der Waals surface area contributed by atoms with Crippen molar-refractivity contribution in [2.45, 2.75) is 55.1 Å². The molecule has 1 atom stereocenters. The molecule has 0 aliphatic heterocycles. The molecule has 1 heterocycles. The van der Waals surface area contributed by atoms with Crippen molar-refractivity contribution < 1.29 is 19.0 Å². The third kappa shape index (κ3) is 5.23. The van der Waals surface area contributed by atoms with Crippen molar-refractivity contribution in [2.24, 2.45) is 7.05 Å². The monoisotopic (exact) mass is 486 g/mol. The molecule has 0 saturated heterocycles. The summed E-state index contributed by atoms with van der Waals surface area (Å²) in [6.07, 6.45) is 0.759. The zero-order chi connectivity index (χ0) is 24.4. The molecule has 0 spiro atoms. The molecule has 0 amide bonds. The molecular formula is C25H34N2O4SSi. The van der Waals surface area contributed by atoms with Gasteiger partial charge in [0.1, 0.15) is 6.10 Å². The first-order valence-electron chi connectivity index (χ1n) is 10.9. The summed E-state index contributed by atoms with van der Waals surface area (Å²) >= 11 is 1.55. The van der Waals surface area contributed by atoms with E-state index in [0.29, 0.717) is 28.5 Å². The molecule has 178 valence electrons. The maximum atomic E-state index is 11.5. The molecule has 1 unspecified atom stereocenters. The molecule has 33 heavy (non-hydrogen) atoms. The lowest BCUT2D eigenvalue weighted by Crippen LogP contribution is -2.44. The molecule has 0 bridgehead atoms. The molecule has 0 aliphatic rings. The minimum absolute atomic E-state index is 0.0324. The van der Waals surface area contributed by atoms with Crippen LogP contribution in [0.25, 0.3) is 0 Å². The van der Waals surface area contributed by atoms with Crippen LogP contribution in [0.4, 0.5) is 0 Å². The van der Waals surface area contributed by atoms with Crippen LogP contribution in [0.2, 0.25) is 18.1 Å². The fraction of sp³-hybridized carbons (Fsp3) is 0.400. The minimum atomic E-state index is -2.24. The van der Waals surface area contributed by atoms with Crippen LogP contribution in [0.5, 0.6) is 17.2 Å². The second kappa shape index (κ2) is 9.83. The number of methoxy groups -OCH3 is 2. The van der Waals surface area contributed by atoms with Gasteiger partial charge in [0.25, 0.3) is 8.32 Å². The number of aliphatic hydroxyl groups excluding tert-OH is 1. The third-order valence-electron chi connectivity index (χ3n) is 6.20. The van der Waals surface area contributed by atoms with Gasteiger partial charge in [-0.2, -0.15) is 0 Å². The molecule has 0 aliphatic carbocycles. The topological polar surface area (TPSA) is 65.7 Å². The van der Waals surface area contributed by atoms with Crippen LogP contribution < -0.4 is 13.9 Å². The Morgan fingerprint density at radius 3 is 2.24 bits per heavy atom. The van der Waals surface area contributed by atoms with E-state index in [0.717, 1.165) is 10.1 Å². The lowest BCUT2D eigenvalue weighted by atomic mass is 10.0. The number of rotatable bonds is 8. The fourth-order valence-corrected chi connectivity index (χ4v) is 5.03. The van der Waals surface area contributed by atoms with Gasteiger partial charge in [0, 0.05) is 17.5 Å². The predicted octanol–water partition coefficient (Wildman–Crippen LogP) is 6.05. The Labute approximate surface area is 202 Å². The molecular weight excluding hydrogens is 452 g/mol. The van der Waals surface area contributed by atoms with Gasteiger partial charge in [-0.25, -0.2) is 4.98 Å². The average Bonchev–Trinajstić information content (AvgIpc) is 3.12. The lowest BCUT2D eigenvalue weighted by molar-refractivity contribution is 0.206. The van der Waals surface area contributed by atoms with Gasteiger partial charge >= 0.3 is 0 Å². The highest BCUT2D eigenvalue weighted by Gasteiger charge is 2.41. The van der Waals surface area contributed by atoms with Crippen LogP contribution in [0, 0.1) is 0 Å². The van der Waals surface area contributed by atoms with Crippen LogP contribution >= 0.6 is 11.8 Å². The second-order valence-corrected chi connectivity index (χ2v) is 15.2. The summed E-state index contributed by atoms with van der Waals surface area (Å²) < 4.78 is 19.8. The maximum absolute atomic E-state index is 11.5. The summed E-state index contributed by atoms with van der Waals surface area (Å²) in [5.74, 6) is 1.57. The molecule has 1 N–H and O–H groups in total. The van der Waals surface area contributed by atoms with E-state index in [1.165, 1.54) is 0 Å². The van der Waals surface area contributed by atoms with Crippen molar-refractivity contribution in [3.05, 3.63) is 59.9 Å². The van der Waals surface area contributed by atoms with E-state index in [2.05, 4.69) is 38.8 Å². The summed E-state index contributed by atoms with van der Waals surface area (Å²) in [5, 5.41) is 12.2. The van der Waals surface area contributed by atoms with E-state index in [1.807, 2.05) is 48.0 Å². The molecule has 0 saturated carbocycles. The smallest absolute Gasteiger partial charge is 0.250 e. The van der Waals surface area contributed by atoms with Gasteiger partial charge in [-0.15, -0.1) is 0 Å². The molecule has 3 aromatic rings. The number of aliphatic hydroxyl groups is 1. The quantitative estimate of drug-likeness (QED) is 0.391. The number of hydrogen-bond donors (Lipinski definition) is 1. The van der Waals surface area contributed by atoms with Gasteiger partial charge in [0.05, 0.1) is 26.1 Å². The van der Waals surface area contributed by atoms with Crippen LogP contribution in [-0.4, -0.2) is 37.2 Å². The van der Waals surface area contributed by atoms with Crippen LogP contribution in [0.3, 0.4) is 0 Å². The van der Waals surface area contributed by atoms with E-state index in [1.54, 1.807) is 38.2 Å². The van der Waals surface area contributed by atoms with E-state index < -0.39 is 14.4 Å². The number of aromatic nitrogens is 2. The summed E-state index contributed by atoms with van der Waals surface area (Å²) in [4.78, 5) is 5.64. The zero-order valence-corrected chi connectivity index (χ0v) is 22.5. The van der Waals surface area contributed by atoms with Gasteiger partial charge in [-0.1, -0.05) is 50.7 Å². The van der Waals surface area contributed by atoms with E-state index in [9.17, 15) is 5.11 Å². The van der Waals surface area contributed by atoms with E-state index in [4.69, 9.17) is 13.9 Å². The number of benzene rings is 2. The first-order chi connectivity index (χ1) is 15.5. The first kappa shape index (κ1) is 25.2. The van der Waals surface area contributed by atoms with Gasteiger partial charge in [-0.3, -0.25) is 0 Å². The van der Waals surface area contributed by atoms with Crippen LogP contribution in [0.15, 0.2) is 58.7 Å². The standard InChI is InChI=1S/C25H34N2O4SSi/c1-25(2,3)33(7,8)31-22-18(14-15-20(29-5)23(22)30-6)21(28)19-16-26-24(27(19)4)32-17-12-10-9-11-13-17/h9-16,21,28H,1-8H3. The second-order valence-electron chi connectivity index (χ2n) is 9.42. The largest absolute Gasteiger partial charge is 0.541 e. The fourth-order valence-electron chi connectivity index (χ4n) is 3.15. The van der Waals surface area contributed by atoms with Crippen molar-refractivity contribution in [3.63, 3.8) is 0 Å². The SMILES string of the molecule is COc1ccc(C(O)c2cnc(Sc3ccccc3)n2C)c(O[Si](C)(C)C(C)(C)C)c1OC. The normalized spacial score (nSPS) is 13.0. The molecule has 0 radical (unpaired) electrons. The Morgan fingerprint density at radius 2 is 1.67 bits per heavy atom. The number of hydrogen-bond acceptors (Lipinski definition) is 6. The Hall–Kier alpha value is -2.42. The molecule has 3 rings (SSSR count). The molecule has 6 nitrogen and oxygen atoms in total. The predicted molar refractivity (Wildman–Crippen MR) is 135 cm³/mol. The minimum Gasteiger partial charge on any atom is -0.541 e. The number of nitrogens with zero attached hydrogens (tertiary/aromatic N) is 2. The van der Waals surface area contributed by atoms with Crippen molar-refractivity contribution in [1.29, 1.82) is 0 Å². The van der Waals surface area contributed by atoms with Crippen molar-refractivity contribution in [1.82, 2.24) is 9.55 Å². The summed E-state index contributed by atoms with van der Waals surface area (Å²) in [6.45, 7) is 10.9. The van der Waals surface area contributed by atoms with Crippen molar-refractivity contribution in [2.75, 3.05) is 14.2 Å². The van der Waals surface area contributed by atoms with Gasteiger partial charge in [-0.05, 0) is 42.4 Å². The van der Waals surface area contributed by atoms with Gasteiger partial charge in [0.15, 0.2) is 16.7 Å². The Balaban J connectivity index is 2.05. The summed E-state index contributed by atoms with van der Waals surface area (Å²) in [6, 6.07) is 13.7. The first-order valence-corrected chi connectivity index (χ1v) is 14.6. The number of ether oxygens (including phenoxy) is 2. The highest BCUT2D eigenvalue weighted by Crippen LogP contribution is 2.47. The third-order valence-corrected chi connectivity index (χ3v) is 11.6. The molecule has 8 heteroatoms. The van der Waals surface area contributed by atoms with Crippen molar-refractivity contribution >= 4 is 20.1 Å². The maximum Gasteiger partial charge on any atom is 0.250 e. The molecule has 1 aromatic heterocycles. The average molecular weight is 487 g/mol. The van der Waals surface area contributed by atoms with Crippen molar-refractivity contribution in [3.8, 4) is 17.2 Å². The zero-order valence-electron chi connectivity index (χ0n) is 20.7. The van der Waals surface area contributed by atoms with Crippen LogP contribution in [-0.2, 0) is 7.05 Å². The highest BCUT2D eigenvalue weighted by molar-refractivity contribution is 7.99. The summed E-state index contributed by atoms with van der Waals surface area (Å²) in [5.41, 5.74) is 1.29.